The molecule has 6 amide bonds. The molecule has 3 aliphatic heterocycles. The number of hydrogen-bond acceptors (Lipinski definition) is 9. The first-order chi connectivity index (χ1) is 48.9. The summed E-state index contributed by atoms with van der Waals surface area (Å²) in [7, 11) is 0. The highest BCUT2D eigenvalue weighted by Crippen LogP contribution is 2.28. The van der Waals surface area contributed by atoms with Gasteiger partial charge in [-0.15, -0.1) is 0 Å². The van der Waals surface area contributed by atoms with Gasteiger partial charge < -0.3 is 46.6 Å². The zero-order valence-electron chi connectivity index (χ0n) is 54.0. The van der Waals surface area contributed by atoms with Gasteiger partial charge in [0.05, 0.1) is 50.4 Å². The van der Waals surface area contributed by atoms with Gasteiger partial charge in [0.1, 0.15) is 52.4 Å². The number of amidine groups is 3. The molecule has 12 rings (SSSR count). The molecule has 0 spiro atoms. The molecular weight excluding hydrogens is 1390 g/mol. The molecule has 9 aromatic rings. The van der Waals surface area contributed by atoms with E-state index < -0.39 is 70.3 Å². The van der Waals surface area contributed by atoms with Gasteiger partial charge in [-0.05, 0) is 202 Å². The van der Waals surface area contributed by atoms with Gasteiger partial charge in [0.25, 0.3) is 35.4 Å². The Kier molecular flexibility index (Phi) is 24.2. The predicted molar refractivity (Wildman–Crippen MR) is 383 cm³/mol. The van der Waals surface area contributed by atoms with Crippen LogP contribution in [0.5, 0.6) is 0 Å². The van der Waals surface area contributed by atoms with Crippen LogP contribution in [0.15, 0.2) is 182 Å². The van der Waals surface area contributed by atoms with Crippen molar-refractivity contribution in [3.05, 3.63) is 282 Å². The van der Waals surface area contributed by atoms with Gasteiger partial charge in [-0.3, -0.25) is 45.0 Å². The number of carbonyl (C=O) groups excluding carboxylic acids is 6. The van der Waals surface area contributed by atoms with Crippen LogP contribution in [0.25, 0.3) is 0 Å². The maximum Gasteiger partial charge on any atom is 0.258 e. The topological polar surface area (TPSA) is 256 Å². The molecule has 0 bridgehead atoms. The summed E-state index contributed by atoms with van der Waals surface area (Å²) in [5.41, 5.74) is 1.31. The van der Waals surface area contributed by atoms with Crippen molar-refractivity contribution in [1.82, 2.24) is 14.7 Å². The first-order valence-electron chi connectivity index (χ1n) is 31.9. The van der Waals surface area contributed by atoms with E-state index in [4.69, 9.17) is 51.0 Å². The lowest BCUT2D eigenvalue weighted by molar-refractivity contribution is 0.100. The average molecular weight is 1450 g/mol. The molecule has 0 unspecified atom stereocenters. The van der Waals surface area contributed by atoms with Gasteiger partial charge >= 0.3 is 0 Å². The molecule has 9 aromatic carbocycles. The van der Waals surface area contributed by atoms with Crippen molar-refractivity contribution < 1.29 is 55.1 Å². The standard InChI is InChI=1S/C26H23ClF2N4O2.C25H21ClF2N4O2.C24H19ClF2N4O2/c27-17-5-8-19(9-6-17)31-26(35)21-15-18(28)7-11-23(21)32-25(34)20-10-4-16(14-22(20)29)24(30)33-12-2-1-3-13-33;26-16-4-7-18(8-5-16)30-25(34)20-14-17(27)6-10-22(20)31-24(33)19-9-3-15(13-21(19)28)23(29)32-11-1-2-12-32;25-15-3-6-17(7-4-15)29-24(33)19-13-16(26)5-9-21(19)30-23(32)18-8-2-14(12-20(18)27)22(28)31-10-1-11-31/h4-11,14-15,30H,1-3,12-13H2,(H,31,35)(H,32,34);3-10,13-14,29H,1-2,11-12H2,(H,30,34)(H,31,33);2-9,12-13,28H,1,10-11H2,(H,29,33)(H,30,32). The summed E-state index contributed by atoms with van der Waals surface area (Å²) in [5, 5.41) is 41.4. The molecule has 0 aliphatic carbocycles. The minimum Gasteiger partial charge on any atom is -0.357 e. The van der Waals surface area contributed by atoms with Crippen molar-refractivity contribution in [3.8, 4) is 0 Å². The Bertz CT molecular complexity index is 4710. The Labute approximate surface area is 596 Å². The maximum absolute atomic E-state index is 14.8. The van der Waals surface area contributed by atoms with Crippen molar-refractivity contribution >= 4 is 122 Å². The number of nitrogens with zero attached hydrogens (tertiary/aromatic N) is 3. The largest absolute Gasteiger partial charge is 0.357 e. The third-order valence-corrected chi connectivity index (χ3v) is 17.2. The van der Waals surface area contributed by atoms with Crippen LogP contribution in [0.4, 0.5) is 60.5 Å². The summed E-state index contributed by atoms with van der Waals surface area (Å²) in [6.07, 6.45) is 6.03. The molecule has 522 valence electrons. The number of anilines is 6. The maximum atomic E-state index is 14.8. The minimum absolute atomic E-state index is 0.0182. The van der Waals surface area contributed by atoms with Crippen molar-refractivity contribution in [2.45, 2.75) is 38.5 Å². The van der Waals surface area contributed by atoms with Crippen LogP contribution >= 0.6 is 34.8 Å². The molecule has 0 saturated carbocycles. The third-order valence-electron chi connectivity index (χ3n) is 16.5. The number of benzene rings is 9. The number of piperidine rings is 1. The van der Waals surface area contributed by atoms with Crippen LogP contribution in [0.1, 0.15) is 117 Å². The Hall–Kier alpha value is -11.3. The van der Waals surface area contributed by atoms with E-state index in [1.807, 2.05) is 9.80 Å². The van der Waals surface area contributed by atoms with Crippen LogP contribution in [0.3, 0.4) is 0 Å². The number of carbonyl (C=O) groups is 6. The Morgan fingerprint density at radius 2 is 0.529 bits per heavy atom. The van der Waals surface area contributed by atoms with Gasteiger partial charge in [0.15, 0.2) is 0 Å². The summed E-state index contributed by atoms with van der Waals surface area (Å²) >= 11 is 17.5. The lowest BCUT2D eigenvalue weighted by Gasteiger charge is -2.33. The molecule has 3 fully saturated rings. The number of rotatable bonds is 15. The Morgan fingerprint density at radius 3 is 0.775 bits per heavy atom. The average Bonchev–Trinajstić information content (AvgIpc) is 1.13. The number of nitrogens with one attached hydrogen (secondary N) is 9. The van der Waals surface area contributed by atoms with Crippen molar-refractivity contribution in [3.63, 3.8) is 0 Å². The lowest BCUT2D eigenvalue weighted by Crippen LogP contribution is -2.42. The summed E-state index contributed by atoms with van der Waals surface area (Å²) < 4.78 is 85.9. The molecule has 0 atom stereocenters. The quantitative estimate of drug-likeness (QED) is 0.0268. The van der Waals surface area contributed by atoms with Crippen LogP contribution in [0.2, 0.25) is 15.1 Å². The fraction of sp³-hybridized carbons (Fsp3) is 0.160. The first-order valence-corrected chi connectivity index (χ1v) is 33.0. The first kappa shape index (κ1) is 73.4. The third kappa shape index (κ3) is 18.9. The van der Waals surface area contributed by atoms with E-state index in [0.29, 0.717) is 48.8 Å². The van der Waals surface area contributed by atoms with Gasteiger partial charge in [0, 0.05) is 88.1 Å². The lowest BCUT2D eigenvalue weighted by atomic mass is 10.1. The number of hydrogen-bond donors (Lipinski definition) is 9. The SMILES string of the molecule is N=C(c1ccc(C(=O)Nc2ccc(F)cc2C(=O)Nc2ccc(Cl)cc2)c(F)c1)N1CCC1.N=C(c1ccc(C(=O)Nc2ccc(F)cc2C(=O)Nc2ccc(Cl)cc2)c(F)c1)N1CCCC1.N=C(c1ccc(C(=O)Nc2ccc(F)cc2C(=O)Nc2ccc(Cl)cc2)c(F)c1)N1CCCCC1. The van der Waals surface area contributed by atoms with Crippen molar-refractivity contribution in [2.24, 2.45) is 0 Å². The second kappa shape index (κ2) is 33.7. The number of amides is 6. The van der Waals surface area contributed by atoms with E-state index in [1.165, 1.54) is 54.6 Å². The molecular formula is C75H63Cl3F6N12O6. The van der Waals surface area contributed by atoms with Gasteiger partial charge in [-0.25, -0.2) is 26.3 Å². The molecule has 3 aliphatic rings. The summed E-state index contributed by atoms with van der Waals surface area (Å²) in [5.74, 6) is -8.17. The van der Waals surface area contributed by atoms with Crippen LogP contribution in [0, 0.1) is 51.1 Å². The number of likely N-dealkylation sites (tertiary alicyclic amines) is 3. The Morgan fingerprint density at radius 1 is 0.284 bits per heavy atom. The van der Waals surface area contributed by atoms with E-state index >= 15 is 0 Å². The predicted octanol–water partition coefficient (Wildman–Crippen LogP) is 16.6. The second-order valence-electron chi connectivity index (χ2n) is 23.5. The van der Waals surface area contributed by atoms with Gasteiger partial charge in [-0.2, -0.15) is 0 Å². The smallest absolute Gasteiger partial charge is 0.258 e. The van der Waals surface area contributed by atoms with Crippen LogP contribution < -0.4 is 31.9 Å². The molecule has 3 saturated heterocycles. The molecule has 9 N–H and O–H groups in total. The van der Waals surface area contributed by atoms with Crippen molar-refractivity contribution in [1.29, 1.82) is 16.2 Å². The molecule has 102 heavy (non-hydrogen) atoms. The van der Waals surface area contributed by atoms with E-state index in [2.05, 4.69) is 31.9 Å². The second-order valence-corrected chi connectivity index (χ2v) is 24.8. The minimum atomic E-state index is -0.804. The molecule has 27 heteroatoms. The monoisotopic (exact) mass is 1450 g/mol. The van der Waals surface area contributed by atoms with E-state index in [9.17, 15) is 55.1 Å². The molecule has 0 radical (unpaired) electrons. The normalized spacial score (nSPS) is 13.0. The summed E-state index contributed by atoms with van der Waals surface area (Å²) in [6.45, 7) is 4.46. The van der Waals surface area contributed by atoms with Crippen molar-refractivity contribution in [2.75, 3.05) is 71.2 Å². The van der Waals surface area contributed by atoms with Gasteiger partial charge in [0.2, 0.25) is 0 Å². The molecule has 18 nitrogen and oxygen atoms in total. The number of halogens is 9. The van der Waals surface area contributed by atoms with E-state index in [1.54, 1.807) is 77.7 Å². The fourth-order valence-electron chi connectivity index (χ4n) is 10.9. The molecule has 3 heterocycles. The summed E-state index contributed by atoms with van der Waals surface area (Å²) in [4.78, 5) is 82.1. The van der Waals surface area contributed by atoms with Crippen LogP contribution in [-0.4, -0.2) is 107 Å². The van der Waals surface area contributed by atoms with Crippen LogP contribution in [-0.2, 0) is 0 Å². The Balaban J connectivity index is 0.000000165. The van der Waals surface area contributed by atoms with E-state index in [-0.39, 0.29) is 67.9 Å². The van der Waals surface area contributed by atoms with Gasteiger partial charge in [-0.1, -0.05) is 53.0 Å². The zero-order chi connectivity index (χ0) is 72.7. The van der Waals surface area contributed by atoms with E-state index in [0.717, 1.165) is 132 Å². The highest BCUT2D eigenvalue weighted by molar-refractivity contribution is 6.31. The fourth-order valence-corrected chi connectivity index (χ4v) is 11.3. The molecule has 0 aromatic heterocycles. The zero-order valence-corrected chi connectivity index (χ0v) is 56.3. The summed E-state index contributed by atoms with van der Waals surface area (Å²) in [6, 6.07) is 40.7. The highest BCUT2D eigenvalue weighted by atomic mass is 35.5. The highest BCUT2D eigenvalue weighted by Gasteiger charge is 2.26.